The molecule has 0 saturated carbocycles. The fourth-order valence-corrected chi connectivity index (χ4v) is 2.36. The molecule has 0 radical (unpaired) electrons. The third kappa shape index (κ3) is 2.75. The van der Waals surface area contributed by atoms with Crippen molar-refractivity contribution in [1.82, 2.24) is 0 Å². The average Bonchev–Trinajstić information content (AvgIpc) is 2.51. The van der Waals surface area contributed by atoms with Gasteiger partial charge in [0.15, 0.2) is 11.5 Å². The lowest BCUT2D eigenvalue weighted by atomic mass is 9.99. The zero-order valence-electron chi connectivity index (χ0n) is 11.8. The Morgan fingerprint density at radius 2 is 1.38 bits per heavy atom. The molecular weight excluding hydrogens is 260 g/mol. The molecule has 21 heavy (non-hydrogen) atoms. The van der Waals surface area contributed by atoms with Crippen LogP contribution in [0.4, 0.5) is 0 Å². The summed E-state index contributed by atoms with van der Waals surface area (Å²) in [6.07, 6.45) is 0. The van der Waals surface area contributed by atoms with Crippen LogP contribution in [-0.4, -0.2) is 5.11 Å². The lowest BCUT2D eigenvalue weighted by Gasteiger charge is -2.14. The predicted molar refractivity (Wildman–Crippen MR) is 84.8 cm³/mol. The number of ether oxygens (including phenoxy) is 1. The maximum Gasteiger partial charge on any atom is 0.169 e. The predicted octanol–water partition coefficient (Wildman–Crippen LogP) is 5.16. The number of rotatable bonds is 3. The largest absolute Gasteiger partial charge is 0.504 e. The highest BCUT2D eigenvalue weighted by atomic mass is 16.5. The van der Waals surface area contributed by atoms with Gasteiger partial charge < -0.3 is 9.84 Å². The van der Waals surface area contributed by atoms with Crippen molar-refractivity contribution in [1.29, 1.82) is 0 Å². The molecule has 2 heteroatoms. The highest BCUT2D eigenvalue weighted by Gasteiger charge is 2.11. The van der Waals surface area contributed by atoms with E-state index in [4.69, 9.17) is 4.74 Å². The van der Waals surface area contributed by atoms with Gasteiger partial charge in [0.2, 0.25) is 0 Å². The third-order valence-corrected chi connectivity index (χ3v) is 3.38. The van der Waals surface area contributed by atoms with Crippen molar-refractivity contribution in [2.24, 2.45) is 0 Å². The molecule has 3 aromatic rings. The summed E-state index contributed by atoms with van der Waals surface area (Å²) in [5, 5.41) is 9.88. The first-order chi connectivity index (χ1) is 10.3. The Bertz CT molecular complexity index is 749. The average molecular weight is 276 g/mol. The molecule has 0 aliphatic heterocycles. The molecule has 104 valence electrons. The molecule has 0 fully saturated rings. The molecule has 1 N–H and O–H groups in total. The summed E-state index contributed by atoms with van der Waals surface area (Å²) in [6, 6.07) is 23.0. The molecule has 0 aliphatic carbocycles. The summed E-state index contributed by atoms with van der Waals surface area (Å²) >= 11 is 0. The Morgan fingerprint density at radius 1 is 0.714 bits per heavy atom. The minimum absolute atomic E-state index is 0.137. The lowest BCUT2D eigenvalue weighted by molar-refractivity contribution is 0.412. The van der Waals surface area contributed by atoms with E-state index in [-0.39, 0.29) is 5.75 Å². The van der Waals surface area contributed by atoms with E-state index >= 15 is 0 Å². The zero-order chi connectivity index (χ0) is 14.7. The summed E-state index contributed by atoms with van der Waals surface area (Å²) in [7, 11) is 0. The molecule has 0 heterocycles. The fourth-order valence-electron chi connectivity index (χ4n) is 2.36. The number of hydrogen-bond donors (Lipinski definition) is 1. The van der Waals surface area contributed by atoms with Crippen LogP contribution >= 0.6 is 0 Å². The van der Waals surface area contributed by atoms with E-state index < -0.39 is 0 Å². The van der Waals surface area contributed by atoms with Crippen LogP contribution in [0, 0.1) is 6.92 Å². The minimum atomic E-state index is 0.137. The van der Waals surface area contributed by atoms with Crippen molar-refractivity contribution in [3.05, 3.63) is 78.4 Å². The smallest absolute Gasteiger partial charge is 0.169 e. The second-order valence-electron chi connectivity index (χ2n) is 4.88. The number of hydrogen-bond acceptors (Lipinski definition) is 2. The standard InChI is InChI=1S/C19H16O2/c1-14-8-7-13-18(19(14)15-9-3-2-4-10-15)21-17-12-6-5-11-16(17)20/h2-13,20H,1H3. The van der Waals surface area contributed by atoms with E-state index in [9.17, 15) is 5.11 Å². The van der Waals surface area contributed by atoms with Crippen LogP contribution in [-0.2, 0) is 0 Å². The normalized spacial score (nSPS) is 10.3. The minimum Gasteiger partial charge on any atom is -0.504 e. The molecule has 0 unspecified atom stereocenters. The van der Waals surface area contributed by atoms with Gasteiger partial charge in [-0.05, 0) is 36.2 Å². The van der Waals surface area contributed by atoms with E-state index in [1.165, 1.54) is 0 Å². The molecule has 0 saturated heterocycles. The van der Waals surface area contributed by atoms with Crippen LogP contribution in [0.25, 0.3) is 11.1 Å². The molecule has 0 aromatic heterocycles. The Labute approximate surface area is 124 Å². The number of benzene rings is 3. The van der Waals surface area contributed by atoms with Crippen molar-refractivity contribution in [2.45, 2.75) is 6.92 Å². The van der Waals surface area contributed by atoms with Crippen LogP contribution in [0.2, 0.25) is 0 Å². The van der Waals surface area contributed by atoms with Crippen molar-refractivity contribution < 1.29 is 9.84 Å². The first-order valence-electron chi connectivity index (χ1n) is 6.86. The highest BCUT2D eigenvalue weighted by Crippen LogP contribution is 2.38. The van der Waals surface area contributed by atoms with Crippen molar-refractivity contribution in [2.75, 3.05) is 0 Å². The fraction of sp³-hybridized carbons (Fsp3) is 0.0526. The summed E-state index contributed by atoms with van der Waals surface area (Å²) in [4.78, 5) is 0. The van der Waals surface area contributed by atoms with Crippen LogP contribution < -0.4 is 4.74 Å². The third-order valence-electron chi connectivity index (χ3n) is 3.38. The van der Waals surface area contributed by atoms with Crippen LogP contribution in [0.15, 0.2) is 72.8 Å². The second-order valence-corrected chi connectivity index (χ2v) is 4.88. The Hall–Kier alpha value is -2.74. The van der Waals surface area contributed by atoms with Gasteiger partial charge in [-0.25, -0.2) is 0 Å². The van der Waals surface area contributed by atoms with Gasteiger partial charge in [-0.15, -0.1) is 0 Å². The quantitative estimate of drug-likeness (QED) is 0.716. The Kier molecular flexibility index (Phi) is 3.61. The first-order valence-corrected chi connectivity index (χ1v) is 6.86. The van der Waals surface area contributed by atoms with Crippen molar-refractivity contribution in [3.63, 3.8) is 0 Å². The summed E-state index contributed by atoms with van der Waals surface area (Å²) in [6.45, 7) is 2.06. The maximum absolute atomic E-state index is 9.88. The van der Waals surface area contributed by atoms with Crippen LogP contribution in [0.1, 0.15) is 5.56 Å². The van der Waals surface area contributed by atoms with Gasteiger partial charge in [0.05, 0.1) is 0 Å². The van der Waals surface area contributed by atoms with Crippen molar-refractivity contribution >= 4 is 0 Å². The van der Waals surface area contributed by atoms with Crippen LogP contribution in [0.5, 0.6) is 17.2 Å². The molecule has 0 bridgehead atoms. The Balaban J connectivity index is 2.08. The summed E-state index contributed by atoms with van der Waals surface area (Å²) < 4.78 is 5.93. The SMILES string of the molecule is Cc1cccc(Oc2ccccc2O)c1-c1ccccc1. The second kappa shape index (κ2) is 5.71. The molecule has 0 amide bonds. The molecule has 2 nitrogen and oxygen atoms in total. The zero-order valence-corrected chi connectivity index (χ0v) is 11.8. The van der Waals surface area contributed by atoms with Gasteiger partial charge in [-0.2, -0.15) is 0 Å². The summed E-state index contributed by atoms with van der Waals surface area (Å²) in [5.74, 6) is 1.33. The van der Waals surface area contributed by atoms with Crippen LogP contribution in [0.3, 0.4) is 0 Å². The van der Waals surface area contributed by atoms with E-state index in [0.29, 0.717) is 5.75 Å². The highest BCUT2D eigenvalue weighted by molar-refractivity contribution is 5.74. The van der Waals surface area contributed by atoms with E-state index in [0.717, 1.165) is 22.4 Å². The maximum atomic E-state index is 9.88. The molecule has 3 rings (SSSR count). The van der Waals surface area contributed by atoms with Gasteiger partial charge in [-0.1, -0.05) is 54.6 Å². The number of phenols is 1. The lowest BCUT2D eigenvalue weighted by Crippen LogP contribution is -1.91. The molecule has 0 atom stereocenters. The Morgan fingerprint density at radius 3 is 2.14 bits per heavy atom. The topological polar surface area (TPSA) is 29.5 Å². The number of aromatic hydroxyl groups is 1. The van der Waals surface area contributed by atoms with Gasteiger partial charge >= 0.3 is 0 Å². The molecule has 3 aromatic carbocycles. The molecular formula is C19H16O2. The van der Waals surface area contributed by atoms with Gasteiger partial charge in [0.25, 0.3) is 0 Å². The van der Waals surface area contributed by atoms with E-state index in [1.54, 1.807) is 18.2 Å². The van der Waals surface area contributed by atoms with Gasteiger partial charge in [0, 0.05) is 5.56 Å². The first kappa shape index (κ1) is 13.3. The number of para-hydroxylation sites is 2. The van der Waals surface area contributed by atoms with E-state index in [2.05, 4.69) is 25.1 Å². The molecule has 0 spiro atoms. The van der Waals surface area contributed by atoms with E-state index in [1.807, 2.05) is 36.4 Å². The monoisotopic (exact) mass is 276 g/mol. The molecule has 0 aliphatic rings. The van der Waals surface area contributed by atoms with Gasteiger partial charge in [-0.3, -0.25) is 0 Å². The number of aryl methyl sites for hydroxylation is 1. The van der Waals surface area contributed by atoms with Gasteiger partial charge in [0.1, 0.15) is 5.75 Å². The summed E-state index contributed by atoms with van der Waals surface area (Å²) in [5.41, 5.74) is 3.27. The number of phenolic OH excluding ortho intramolecular Hbond substituents is 1. The van der Waals surface area contributed by atoms with Crippen molar-refractivity contribution in [3.8, 4) is 28.4 Å².